The van der Waals surface area contributed by atoms with E-state index in [1.807, 2.05) is 0 Å². The molecule has 0 aliphatic carbocycles. The van der Waals surface area contributed by atoms with E-state index in [2.05, 4.69) is 4.72 Å². The summed E-state index contributed by atoms with van der Waals surface area (Å²) in [5.41, 5.74) is 0. The van der Waals surface area contributed by atoms with Crippen LogP contribution in [0.3, 0.4) is 0 Å². The second kappa shape index (κ2) is 9.57. The summed E-state index contributed by atoms with van der Waals surface area (Å²) < 4.78 is 34.1. The molecule has 2 atom stereocenters. The largest absolute Gasteiger partial charge is 0.467 e. The lowest BCUT2D eigenvalue weighted by Gasteiger charge is -2.33. The molecule has 1 aromatic heterocycles. The van der Waals surface area contributed by atoms with Gasteiger partial charge in [-0.2, -0.15) is 4.72 Å². The Hall–Kier alpha value is -2.21. The Morgan fingerprint density at radius 3 is 2.73 bits per heavy atom. The van der Waals surface area contributed by atoms with E-state index in [1.54, 1.807) is 18.2 Å². The van der Waals surface area contributed by atoms with Crippen LogP contribution in [0.4, 0.5) is 0 Å². The zero-order valence-electron chi connectivity index (χ0n) is 18.0. The monoisotopic (exact) mass is 513 g/mol. The van der Waals surface area contributed by atoms with Crippen LogP contribution >= 0.6 is 22.9 Å². The summed E-state index contributed by atoms with van der Waals surface area (Å²) >= 11 is 7.09. The van der Waals surface area contributed by atoms with Gasteiger partial charge in [0.05, 0.1) is 13.7 Å². The van der Waals surface area contributed by atoms with E-state index in [0.29, 0.717) is 49.2 Å². The number of carbonyl (C=O) groups is 3. The van der Waals surface area contributed by atoms with Gasteiger partial charge in [-0.1, -0.05) is 11.6 Å². The van der Waals surface area contributed by atoms with Crippen molar-refractivity contribution in [3.63, 3.8) is 0 Å². The molecule has 2 aliphatic rings. The zero-order valence-corrected chi connectivity index (χ0v) is 20.3. The standard InChI is InChI=1S/C21H24ClN3O6S2/c1-31-21(28)16-5-3-9-25(16)18(26)12-24-8-2-4-15(20(24)27)23-33(29,30)19-11-13-10-14(22)6-7-17(13)32-19/h6-7,10-11,15-16,23H,2-5,8-9,12H2,1H3/t15-,16?/m0/s1. The van der Waals surface area contributed by atoms with Crippen LogP contribution in [-0.2, 0) is 29.1 Å². The molecule has 0 bridgehead atoms. The Balaban J connectivity index is 1.44. The highest BCUT2D eigenvalue weighted by Gasteiger charge is 2.38. The molecule has 2 saturated heterocycles. The molecule has 2 fully saturated rings. The van der Waals surface area contributed by atoms with Gasteiger partial charge >= 0.3 is 5.97 Å². The zero-order chi connectivity index (χ0) is 23.8. The maximum atomic E-state index is 13.0. The van der Waals surface area contributed by atoms with Crippen molar-refractivity contribution in [2.45, 2.75) is 42.0 Å². The highest BCUT2D eigenvalue weighted by atomic mass is 35.5. The predicted molar refractivity (Wildman–Crippen MR) is 124 cm³/mol. The third kappa shape index (κ3) is 5.01. The van der Waals surface area contributed by atoms with Gasteiger partial charge in [0.25, 0.3) is 10.0 Å². The Labute approximate surface area is 200 Å². The molecule has 2 amide bonds. The van der Waals surface area contributed by atoms with Gasteiger partial charge in [0, 0.05) is 22.8 Å². The van der Waals surface area contributed by atoms with Crippen LogP contribution in [0.1, 0.15) is 25.7 Å². The number of methoxy groups -OCH3 is 1. The van der Waals surface area contributed by atoms with E-state index >= 15 is 0 Å². The van der Waals surface area contributed by atoms with Gasteiger partial charge in [0.1, 0.15) is 16.3 Å². The molecule has 1 aromatic carbocycles. The first kappa shape index (κ1) is 23.9. The number of fused-ring (bicyclic) bond motifs is 1. The quantitative estimate of drug-likeness (QED) is 0.591. The second-order valence-corrected chi connectivity index (χ2v) is 11.6. The number of esters is 1. The fourth-order valence-corrected chi connectivity index (χ4v) is 7.07. The van der Waals surface area contributed by atoms with Gasteiger partial charge in [0.15, 0.2) is 0 Å². The molecule has 1 unspecified atom stereocenters. The Kier molecular flexibility index (Phi) is 6.94. The summed E-state index contributed by atoms with van der Waals surface area (Å²) in [6, 6.07) is 5.06. The van der Waals surface area contributed by atoms with Gasteiger partial charge in [0.2, 0.25) is 11.8 Å². The number of nitrogens with one attached hydrogen (secondary N) is 1. The van der Waals surface area contributed by atoms with E-state index in [9.17, 15) is 22.8 Å². The molecule has 1 N–H and O–H groups in total. The number of piperidine rings is 1. The normalized spacial score (nSPS) is 21.6. The third-order valence-corrected chi connectivity index (χ3v) is 9.22. The van der Waals surface area contributed by atoms with Crippen LogP contribution < -0.4 is 4.72 Å². The molecule has 0 spiro atoms. The Morgan fingerprint density at radius 1 is 1.21 bits per heavy atom. The number of hydrogen-bond donors (Lipinski definition) is 1. The number of sulfonamides is 1. The number of rotatable bonds is 6. The average molecular weight is 514 g/mol. The van der Waals surface area contributed by atoms with Crippen molar-refractivity contribution in [1.82, 2.24) is 14.5 Å². The third-order valence-electron chi connectivity index (χ3n) is 5.92. The highest BCUT2D eigenvalue weighted by molar-refractivity contribution is 7.91. The first-order valence-electron chi connectivity index (χ1n) is 10.6. The molecule has 3 heterocycles. The van der Waals surface area contributed by atoms with Crippen LogP contribution in [0.5, 0.6) is 0 Å². The number of thiophene rings is 1. The lowest BCUT2D eigenvalue weighted by atomic mass is 10.1. The maximum Gasteiger partial charge on any atom is 0.328 e. The summed E-state index contributed by atoms with van der Waals surface area (Å²) in [5.74, 6) is -1.27. The van der Waals surface area contributed by atoms with Crippen molar-refractivity contribution in [2.24, 2.45) is 0 Å². The van der Waals surface area contributed by atoms with Gasteiger partial charge in [-0.15, -0.1) is 11.3 Å². The van der Waals surface area contributed by atoms with E-state index in [0.717, 1.165) is 16.0 Å². The van der Waals surface area contributed by atoms with Crippen LogP contribution in [0.25, 0.3) is 10.1 Å². The van der Waals surface area contributed by atoms with Crippen LogP contribution in [0, 0.1) is 0 Å². The summed E-state index contributed by atoms with van der Waals surface area (Å²) in [6.07, 6.45) is 2.10. The Bertz CT molecular complexity index is 1200. The van der Waals surface area contributed by atoms with Gasteiger partial charge in [-0.25, -0.2) is 13.2 Å². The summed E-state index contributed by atoms with van der Waals surface area (Å²) in [5, 5.41) is 1.22. The van der Waals surface area contributed by atoms with E-state index in [1.165, 1.54) is 23.0 Å². The summed E-state index contributed by atoms with van der Waals surface area (Å²) in [7, 11) is -2.66. The number of ether oxygens (including phenoxy) is 1. The predicted octanol–water partition coefficient (Wildman–Crippen LogP) is 1.99. The van der Waals surface area contributed by atoms with E-state index in [-0.39, 0.29) is 16.7 Å². The molecule has 9 nitrogen and oxygen atoms in total. The fraction of sp³-hybridized carbons (Fsp3) is 0.476. The molecule has 33 heavy (non-hydrogen) atoms. The molecular weight excluding hydrogens is 490 g/mol. The van der Waals surface area contributed by atoms with Crippen molar-refractivity contribution in [2.75, 3.05) is 26.7 Å². The lowest BCUT2D eigenvalue weighted by Crippen LogP contribution is -2.55. The highest BCUT2D eigenvalue weighted by Crippen LogP contribution is 2.31. The molecule has 2 aliphatic heterocycles. The minimum atomic E-state index is -3.94. The van der Waals surface area contributed by atoms with Crippen LogP contribution in [-0.4, -0.2) is 74.8 Å². The molecule has 12 heteroatoms. The van der Waals surface area contributed by atoms with Crippen molar-refractivity contribution >= 4 is 60.8 Å². The van der Waals surface area contributed by atoms with Crippen LogP contribution in [0.2, 0.25) is 5.02 Å². The van der Waals surface area contributed by atoms with Crippen molar-refractivity contribution in [1.29, 1.82) is 0 Å². The average Bonchev–Trinajstić information content (AvgIpc) is 3.43. The van der Waals surface area contributed by atoms with Crippen molar-refractivity contribution in [3.05, 3.63) is 29.3 Å². The van der Waals surface area contributed by atoms with Crippen molar-refractivity contribution < 1.29 is 27.5 Å². The number of benzene rings is 1. The smallest absolute Gasteiger partial charge is 0.328 e. The molecule has 4 rings (SSSR count). The summed E-state index contributed by atoms with van der Waals surface area (Å²) in [6.45, 7) is 0.569. The molecule has 0 saturated carbocycles. The van der Waals surface area contributed by atoms with Crippen LogP contribution in [0.15, 0.2) is 28.5 Å². The molecule has 2 aromatic rings. The number of halogens is 1. The molecule has 178 valence electrons. The molecular formula is C21H24ClN3O6S2. The minimum Gasteiger partial charge on any atom is -0.467 e. The maximum absolute atomic E-state index is 13.0. The summed E-state index contributed by atoms with van der Waals surface area (Å²) in [4.78, 5) is 40.5. The Morgan fingerprint density at radius 2 is 1.97 bits per heavy atom. The minimum absolute atomic E-state index is 0.0961. The lowest BCUT2D eigenvalue weighted by molar-refractivity contribution is -0.152. The first-order valence-corrected chi connectivity index (χ1v) is 13.2. The number of nitrogens with zero attached hydrogens (tertiary/aromatic N) is 2. The SMILES string of the molecule is COC(=O)C1CCCN1C(=O)CN1CCC[C@H](NS(=O)(=O)c2cc3cc(Cl)ccc3s2)C1=O. The number of amides is 2. The molecule has 0 radical (unpaired) electrons. The topological polar surface area (TPSA) is 113 Å². The number of hydrogen-bond acceptors (Lipinski definition) is 7. The number of likely N-dealkylation sites (tertiary alicyclic amines) is 2. The fourth-order valence-electron chi connectivity index (χ4n) is 4.27. The van der Waals surface area contributed by atoms with Gasteiger partial charge in [-0.3, -0.25) is 9.59 Å². The van der Waals surface area contributed by atoms with Crippen molar-refractivity contribution in [3.8, 4) is 0 Å². The number of carbonyl (C=O) groups excluding carboxylic acids is 3. The van der Waals surface area contributed by atoms with E-state index in [4.69, 9.17) is 16.3 Å². The van der Waals surface area contributed by atoms with E-state index < -0.39 is 34.0 Å². The van der Waals surface area contributed by atoms with Gasteiger partial charge < -0.3 is 14.5 Å². The second-order valence-electron chi connectivity index (χ2n) is 8.09. The first-order chi connectivity index (χ1) is 15.7. The van der Waals surface area contributed by atoms with Gasteiger partial charge in [-0.05, 0) is 55.3 Å².